The molecule has 22 heavy (non-hydrogen) atoms. The molecule has 0 radical (unpaired) electrons. The van der Waals surface area contributed by atoms with Crippen molar-refractivity contribution in [2.24, 2.45) is 5.92 Å². The van der Waals surface area contributed by atoms with E-state index in [2.05, 4.69) is 4.90 Å². The minimum absolute atomic E-state index is 0.148. The molecule has 0 unspecified atom stereocenters. The number of nitrogens with zero attached hydrogens (tertiary/aromatic N) is 2. The van der Waals surface area contributed by atoms with Crippen LogP contribution in [0, 0.1) is 5.92 Å². The normalized spacial score (nSPS) is 22.9. The standard InChI is InChI=1S/C17H24N2O3/c20-16-3-1-2-14(10-16)11-17(21)19-7-5-18(6-8-19)12-15-4-9-22-13-15/h1-3,10,15,20H,4-9,11-13H2/t15-/m0/s1. The van der Waals surface area contributed by atoms with Crippen LogP contribution in [0.25, 0.3) is 0 Å². The molecule has 5 heteroatoms. The molecule has 0 bridgehead atoms. The van der Waals surface area contributed by atoms with Gasteiger partial charge < -0.3 is 14.7 Å². The second kappa shape index (κ2) is 7.11. The summed E-state index contributed by atoms with van der Waals surface area (Å²) in [6.07, 6.45) is 1.53. The first kappa shape index (κ1) is 15.3. The number of carbonyl (C=O) groups is 1. The number of phenolic OH excluding ortho intramolecular Hbond substituents is 1. The van der Waals surface area contributed by atoms with E-state index in [1.54, 1.807) is 18.2 Å². The zero-order valence-electron chi connectivity index (χ0n) is 12.9. The first-order valence-electron chi connectivity index (χ1n) is 8.06. The number of aromatic hydroxyl groups is 1. The van der Waals surface area contributed by atoms with Gasteiger partial charge in [0, 0.05) is 39.3 Å². The summed E-state index contributed by atoms with van der Waals surface area (Å²) in [5.74, 6) is 1.03. The smallest absolute Gasteiger partial charge is 0.227 e. The van der Waals surface area contributed by atoms with Crippen LogP contribution in [0.1, 0.15) is 12.0 Å². The van der Waals surface area contributed by atoms with E-state index in [4.69, 9.17) is 4.74 Å². The Morgan fingerprint density at radius 3 is 2.77 bits per heavy atom. The number of phenols is 1. The highest BCUT2D eigenvalue weighted by Crippen LogP contribution is 2.16. The molecule has 0 saturated carbocycles. The second-order valence-electron chi connectivity index (χ2n) is 6.26. The van der Waals surface area contributed by atoms with Gasteiger partial charge in [0.1, 0.15) is 5.75 Å². The van der Waals surface area contributed by atoms with Crippen molar-refractivity contribution in [3.8, 4) is 5.75 Å². The summed E-state index contributed by atoms with van der Waals surface area (Å²) in [6, 6.07) is 6.95. The fourth-order valence-electron chi connectivity index (χ4n) is 3.23. The molecule has 0 aliphatic carbocycles. The number of benzene rings is 1. The number of carbonyl (C=O) groups excluding carboxylic acids is 1. The lowest BCUT2D eigenvalue weighted by Crippen LogP contribution is -2.50. The molecule has 0 spiro atoms. The van der Waals surface area contributed by atoms with E-state index in [0.29, 0.717) is 12.3 Å². The Morgan fingerprint density at radius 1 is 1.27 bits per heavy atom. The molecule has 2 heterocycles. The third kappa shape index (κ3) is 3.99. The van der Waals surface area contributed by atoms with Gasteiger partial charge in [0.05, 0.1) is 13.0 Å². The van der Waals surface area contributed by atoms with Gasteiger partial charge in [0.2, 0.25) is 5.91 Å². The van der Waals surface area contributed by atoms with E-state index in [-0.39, 0.29) is 11.7 Å². The quantitative estimate of drug-likeness (QED) is 0.905. The fourth-order valence-corrected chi connectivity index (χ4v) is 3.23. The molecule has 1 aromatic rings. The van der Waals surface area contributed by atoms with Gasteiger partial charge in [0.25, 0.3) is 0 Å². The monoisotopic (exact) mass is 304 g/mol. The van der Waals surface area contributed by atoms with Crippen LogP contribution < -0.4 is 0 Å². The maximum Gasteiger partial charge on any atom is 0.227 e. The third-order valence-corrected chi connectivity index (χ3v) is 4.53. The van der Waals surface area contributed by atoms with Gasteiger partial charge >= 0.3 is 0 Å². The molecular formula is C17H24N2O3. The predicted octanol–water partition coefficient (Wildman–Crippen LogP) is 1.12. The molecule has 2 aliphatic heterocycles. The van der Waals surface area contributed by atoms with Crippen molar-refractivity contribution in [2.75, 3.05) is 45.9 Å². The van der Waals surface area contributed by atoms with E-state index >= 15 is 0 Å². The van der Waals surface area contributed by atoms with Crippen LogP contribution in [0.3, 0.4) is 0 Å². The second-order valence-corrected chi connectivity index (χ2v) is 6.26. The lowest BCUT2D eigenvalue weighted by atomic mass is 10.1. The third-order valence-electron chi connectivity index (χ3n) is 4.53. The maximum absolute atomic E-state index is 12.3. The topological polar surface area (TPSA) is 53.0 Å². The Kier molecular flexibility index (Phi) is 4.95. The molecule has 2 saturated heterocycles. The summed E-state index contributed by atoms with van der Waals surface area (Å²) in [5.41, 5.74) is 0.871. The van der Waals surface area contributed by atoms with Crippen molar-refractivity contribution in [3.05, 3.63) is 29.8 Å². The predicted molar refractivity (Wildman–Crippen MR) is 83.8 cm³/mol. The molecule has 1 N–H and O–H groups in total. The minimum atomic E-state index is 0.148. The molecule has 2 fully saturated rings. The zero-order valence-corrected chi connectivity index (χ0v) is 12.9. The van der Waals surface area contributed by atoms with Gasteiger partial charge in [-0.05, 0) is 30.0 Å². The van der Waals surface area contributed by atoms with Crippen LogP contribution >= 0.6 is 0 Å². The van der Waals surface area contributed by atoms with Crippen molar-refractivity contribution in [2.45, 2.75) is 12.8 Å². The van der Waals surface area contributed by atoms with E-state index in [1.165, 1.54) is 0 Å². The Bertz CT molecular complexity index is 506. The highest BCUT2D eigenvalue weighted by atomic mass is 16.5. The number of hydrogen-bond donors (Lipinski definition) is 1. The van der Waals surface area contributed by atoms with Crippen molar-refractivity contribution in [1.29, 1.82) is 0 Å². The zero-order chi connectivity index (χ0) is 15.4. The molecule has 5 nitrogen and oxygen atoms in total. The van der Waals surface area contributed by atoms with E-state index in [9.17, 15) is 9.90 Å². The van der Waals surface area contributed by atoms with Crippen molar-refractivity contribution in [3.63, 3.8) is 0 Å². The first-order valence-corrected chi connectivity index (χ1v) is 8.06. The molecule has 1 atom stereocenters. The average Bonchev–Trinajstić information content (AvgIpc) is 3.01. The van der Waals surface area contributed by atoms with Crippen LogP contribution in [0.2, 0.25) is 0 Å². The van der Waals surface area contributed by atoms with Crippen LogP contribution in [0.5, 0.6) is 5.75 Å². The Balaban J connectivity index is 1.45. The summed E-state index contributed by atoms with van der Waals surface area (Å²) >= 11 is 0. The molecule has 2 aliphatic rings. The van der Waals surface area contributed by atoms with Gasteiger partial charge in [-0.1, -0.05) is 12.1 Å². The van der Waals surface area contributed by atoms with Crippen molar-refractivity contribution in [1.82, 2.24) is 9.80 Å². The van der Waals surface area contributed by atoms with Gasteiger partial charge in [-0.15, -0.1) is 0 Å². The number of rotatable bonds is 4. The lowest BCUT2D eigenvalue weighted by Gasteiger charge is -2.35. The summed E-state index contributed by atoms with van der Waals surface area (Å²) in [6.45, 7) is 6.36. The van der Waals surface area contributed by atoms with Crippen LogP contribution in [0.4, 0.5) is 0 Å². The molecule has 3 rings (SSSR count). The summed E-state index contributed by atoms with van der Waals surface area (Å²) in [4.78, 5) is 16.7. The number of amides is 1. The number of ether oxygens (including phenoxy) is 1. The van der Waals surface area contributed by atoms with Crippen LogP contribution in [-0.4, -0.2) is 66.8 Å². The summed E-state index contributed by atoms with van der Waals surface area (Å²) in [7, 11) is 0. The highest BCUT2D eigenvalue weighted by molar-refractivity contribution is 5.79. The van der Waals surface area contributed by atoms with Crippen molar-refractivity contribution < 1.29 is 14.6 Å². The van der Waals surface area contributed by atoms with Gasteiger partial charge in [-0.3, -0.25) is 9.69 Å². The minimum Gasteiger partial charge on any atom is -0.508 e. The maximum atomic E-state index is 12.3. The molecule has 1 aromatic carbocycles. The van der Waals surface area contributed by atoms with E-state index in [0.717, 1.165) is 57.9 Å². The van der Waals surface area contributed by atoms with Crippen LogP contribution in [0.15, 0.2) is 24.3 Å². The number of hydrogen-bond acceptors (Lipinski definition) is 4. The Morgan fingerprint density at radius 2 is 2.09 bits per heavy atom. The summed E-state index contributed by atoms with van der Waals surface area (Å²) in [5, 5.41) is 9.46. The lowest BCUT2D eigenvalue weighted by molar-refractivity contribution is -0.132. The molecule has 120 valence electrons. The molecule has 1 amide bonds. The van der Waals surface area contributed by atoms with E-state index < -0.39 is 0 Å². The first-order chi connectivity index (χ1) is 10.7. The Labute approximate surface area is 131 Å². The highest BCUT2D eigenvalue weighted by Gasteiger charge is 2.24. The molecule has 0 aromatic heterocycles. The van der Waals surface area contributed by atoms with Gasteiger partial charge in [0.15, 0.2) is 0 Å². The van der Waals surface area contributed by atoms with Crippen LogP contribution in [-0.2, 0) is 16.0 Å². The van der Waals surface area contributed by atoms with Gasteiger partial charge in [-0.25, -0.2) is 0 Å². The van der Waals surface area contributed by atoms with Crippen molar-refractivity contribution >= 4 is 5.91 Å². The largest absolute Gasteiger partial charge is 0.508 e. The van der Waals surface area contributed by atoms with Gasteiger partial charge in [-0.2, -0.15) is 0 Å². The molecular weight excluding hydrogens is 280 g/mol. The summed E-state index contributed by atoms with van der Waals surface area (Å²) < 4.78 is 5.42. The SMILES string of the molecule is O=C(Cc1cccc(O)c1)N1CCN(C[C@@H]2CCOC2)CC1. The number of piperazine rings is 1. The fraction of sp³-hybridized carbons (Fsp3) is 0.588. The Hall–Kier alpha value is -1.59. The average molecular weight is 304 g/mol. The van der Waals surface area contributed by atoms with E-state index in [1.807, 2.05) is 11.0 Å².